The minimum atomic E-state index is -2.83. The zero-order valence-corrected chi connectivity index (χ0v) is 12.4. The summed E-state index contributed by atoms with van der Waals surface area (Å²) in [5.41, 5.74) is 1.70. The highest BCUT2D eigenvalue weighted by Crippen LogP contribution is 2.30. The average molecular weight is 308 g/mol. The molecule has 100 valence electrons. The summed E-state index contributed by atoms with van der Waals surface area (Å²) in [4.78, 5) is 0. The van der Waals surface area contributed by atoms with Gasteiger partial charge in [0.1, 0.15) is 9.84 Å². The summed E-state index contributed by atoms with van der Waals surface area (Å²) in [7, 11) is -2.83. The number of benzene rings is 1. The summed E-state index contributed by atoms with van der Waals surface area (Å²) in [5.74, 6) is 0.476. The van der Waals surface area contributed by atoms with Crippen LogP contribution in [0.4, 0.5) is 5.69 Å². The zero-order valence-electron chi connectivity index (χ0n) is 10.0. The van der Waals surface area contributed by atoms with E-state index in [1.165, 1.54) is 0 Å². The van der Waals surface area contributed by atoms with Gasteiger partial charge >= 0.3 is 0 Å². The number of nitrogens with one attached hydrogen (secondary N) is 1. The molecule has 6 heteroatoms. The van der Waals surface area contributed by atoms with Gasteiger partial charge in [-0.3, -0.25) is 0 Å². The number of hydrogen-bond donors (Lipinski definition) is 1. The minimum Gasteiger partial charge on any atom is -0.381 e. The summed E-state index contributed by atoms with van der Waals surface area (Å²) in [6, 6.07) is 3.75. The molecule has 0 saturated carbocycles. The van der Waals surface area contributed by atoms with Crippen LogP contribution in [0.1, 0.15) is 18.4 Å². The molecule has 0 spiro atoms. The third kappa shape index (κ3) is 3.31. The first-order valence-corrected chi connectivity index (χ1v) is 8.38. The first-order chi connectivity index (χ1) is 8.37. The maximum absolute atomic E-state index is 11.3. The molecule has 0 aliphatic carbocycles. The van der Waals surface area contributed by atoms with Crippen LogP contribution in [0.5, 0.6) is 0 Å². The summed E-state index contributed by atoms with van der Waals surface area (Å²) < 4.78 is 22.7. The van der Waals surface area contributed by atoms with Crippen molar-refractivity contribution in [3.05, 3.63) is 27.7 Å². The van der Waals surface area contributed by atoms with Gasteiger partial charge < -0.3 is 5.32 Å². The molecule has 1 aliphatic heterocycles. The molecule has 0 bridgehead atoms. The molecule has 1 saturated heterocycles. The third-order valence-corrected chi connectivity index (χ3v) is 5.60. The van der Waals surface area contributed by atoms with Gasteiger partial charge in [-0.25, -0.2) is 8.42 Å². The van der Waals surface area contributed by atoms with Gasteiger partial charge in [0.2, 0.25) is 0 Å². The molecule has 1 aliphatic rings. The van der Waals surface area contributed by atoms with E-state index >= 15 is 0 Å². The molecule has 0 atom stereocenters. The number of sulfone groups is 1. The van der Waals surface area contributed by atoms with Crippen molar-refractivity contribution in [2.75, 3.05) is 16.8 Å². The lowest BCUT2D eigenvalue weighted by Gasteiger charge is -2.24. The number of hydrogen-bond acceptors (Lipinski definition) is 3. The maximum Gasteiger partial charge on any atom is 0.150 e. The van der Waals surface area contributed by atoms with E-state index in [0.717, 1.165) is 11.3 Å². The Labute approximate surface area is 117 Å². The quantitative estimate of drug-likeness (QED) is 0.912. The molecule has 1 heterocycles. The van der Waals surface area contributed by atoms with Crippen molar-refractivity contribution in [2.24, 2.45) is 0 Å². The second-order valence-electron chi connectivity index (χ2n) is 4.65. The Hall–Kier alpha value is -0.450. The molecule has 0 unspecified atom stereocenters. The molecule has 0 radical (unpaired) electrons. The van der Waals surface area contributed by atoms with Crippen LogP contribution in [0.15, 0.2) is 12.1 Å². The monoisotopic (exact) mass is 307 g/mol. The van der Waals surface area contributed by atoms with E-state index in [4.69, 9.17) is 23.2 Å². The lowest BCUT2D eigenvalue weighted by molar-refractivity contribution is 0.559. The Morgan fingerprint density at radius 1 is 1.17 bits per heavy atom. The molecule has 1 aromatic carbocycles. The second-order valence-corrected chi connectivity index (χ2v) is 7.77. The Morgan fingerprint density at radius 3 is 2.39 bits per heavy atom. The summed E-state index contributed by atoms with van der Waals surface area (Å²) >= 11 is 12.2. The number of rotatable bonds is 2. The average Bonchev–Trinajstić information content (AvgIpc) is 2.28. The van der Waals surface area contributed by atoms with Crippen molar-refractivity contribution in [1.82, 2.24) is 0 Å². The molecule has 1 aromatic rings. The molecule has 0 amide bonds. The van der Waals surface area contributed by atoms with E-state index < -0.39 is 9.84 Å². The maximum atomic E-state index is 11.3. The van der Waals surface area contributed by atoms with E-state index in [9.17, 15) is 8.42 Å². The smallest absolute Gasteiger partial charge is 0.150 e. The van der Waals surface area contributed by atoms with Crippen LogP contribution >= 0.6 is 23.2 Å². The van der Waals surface area contributed by atoms with Crippen LogP contribution in [0.25, 0.3) is 0 Å². The topological polar surface area (TPSA) is 46.2 Å². The van der Waals surface area contributed by atoms with Crippen LogP contribution in [0.3, 0.4) is 0 Å². The summed E-state index contributed by atoms with van der Waals surface area (Å²) in [5, 5.41) is 4.55. The van der Waals surface area contributed by atoms with Crippen molar-refractivity contribution in [3.63, 3.8) is 0 Å². The fourth-order valence-corrected chi connectivity index (χ4v) is 3.94. The van der Waals surface area contributed by atoms with E-state index in [0.29, 0.717) is 22.9 Å². The van der Waals surface area contributed by atoms with E-state index in [-0.39, 0.29) is 17.5 Å². The van der Waals surface area contributed by atoms with Gasteiger partial charge in [-0.2, -0.15) is 0 Å². The number of halogens is 2. The lowest BCUT2D eigenvalue weighted by atomic mass is 10.1. The normalized spacial score (nSPS) is 19.7. The van der Waals surface area contributed by atoms with Crippen LogP contribution in [-0.2, 0) is 9.84 Å². The molecule has 1 N–H and O–H groups in total. The Balaban J connectivity index is 2.09. The van der Waals surface area contributed by atoms with Crippen molar-refractivity contribution in [3.8, 4) is 0 Å². The molecule has 0 aromatic heterocycles. The van der Waals surface area contributed by atoms with E-state index in [1.807, 2.05) is 13.0 Å². The third-order valence-electron chi connectivity index (χ3n) is 3.16. The lowest BCUT2D eigenvalue weighted by Crippen LogP contribution is -2.32. The molecule has 2 rings (SSSR count). The number of aryl methyl sites for hydroxylation is 1. The highest BCUT2D eigenvalue weighted by molar-refractivity contribution is 7.91. The molecular formula is C12H15Cl2NO2S. The van der Waals surface area contributed by atoms with Crippen LogP contribution in [-0.4, -0.2) is 26.0 Å². The van der Waals surface area contributed by atoms with Gasteiger partial charge in [0.15, 0.2) is 0 Å². The largest absolute Gasteiger partial charge is 0.381 e. The zero-order chi connectivity index (χ0) is 13.3. The molecule has 18 heavy (non-hydrogen) atoms. The summed E-state index contributed by atoms with van der Waals surface area (Å²) in [6.07, 6.45) is 1.23. The van der Waals surface area contributed by atoms with Gasteiger partial charge in [-0.15, -0.1) is 0 Å². The standard InChI is InChI=1S/C12H15Cl2NO2S/c1-8-6-11(14)12(7-10(8)13)15-9-2-4-18(16,17)5-3-9/h6-7,9,15H,2-5H2,1H3. The Kier molecular flexibility index (Phi) is 4.09. The van der Waals surface area contributed by atoms with Crippen LogP contribution in [0.2, 0.25) is 10.0 Å². The molecule has 1 fully saturated rings. The summed E-state index contributed by atoms with van der Waals surface area (Å²) in [6.45, 7) is 1.89. The Morgan fingerprint density at radius 2 is 1.78 bits per heavy atom. The van der Waals surface area contributed by atoms with Gasteiger partial charge in [-0.1, -0.05) is 23.2 Å². The first kappa shape index (κ1) is 14.0. The van der Waals surface area contributed by atoms with Crippen LogP contribution in [0, 0.1) is 6.92 Å². The van der Waals surface area contributed by atoms with E-state index in [2.05, 4.69) is 5.32 Å². The van der Waals surface area contributed by atoms with Crippen molar-refractivity contribution >= 4 is 38.7 Å². The fourth-order valence-electron chi connectivity index (χ4n) is 2.01. The minimum absolute atomic E-state index is 0.143. The predicted molar refractivity (Wildman–Crippen MR) is 76.5 cm³/mol. The first-order valence-electron chi connectivity index (χ1n) is 5.80. The highest BCUT2D eigenvalue weighted by atomic mass is 35.5. The van der Waals surface area contributed by atoms with Gasteiger partial charge in [0.25, 0.3) is 0 Å². The van der Waals surface area contributed by atoms with Crippen molar-refractivity contribution < 1.29 is 8.42 Å². The SMILES string of the molecule is Cc1cc(Cl)c(NC2CCS(=O)(=O)CC2)cc1Cl. The fraction of sp³-hybridized carbons (Fsp3) is 0.500. The van der Waals surface area contributed by atoms with Gasteiger partial charge in [-0.05, 0) is 37.5 Å². The highest BCUT2D eigenvalue weighted by Gasteiger charge is 2.23. The molecule has 3 nitrogen and oxygen atoms in total. The van der Waals surface area contributed by atoms with Gasteiger partial charge in [0, 0.05) is 11.1 Å². The van der Waals surface area contributed by atoms with Crippen LogP contribution < -0.4 is 5.32 Å². The van der Waals surface area contributed by atoms with Crippen molar-refractivity contribution in [2.45, 2.75) is 25.8 Å². The van der Waals surface area contributed by atoms with E-state index in [1.54, 1.807) is 6.07 Å². The molecular weight excluding hydrogens is 293 g/mol. The number of anilines is 1. The van der Waals surface area contributed by atoms with Crippen molar-refractivity contribution in [1.29, 1.82) is 0 Å². The van der Waals surface area contributed by atoms with Gasteiger partial charge in [0.05, 0.1) is 22.2 Å². The second kappa shape index (κ2) is 5.27. The predicted octanol–water partition coefficient (Wildman–Crippen LogP) is 3.29. The Bertz CT molecular complexity index is 543.